The predicted octanol–water partition coefficient (Wildman–Crippen LogP) is 1.89. The number of benzene rings is 1. The van der Waals surface area contributed by atoms with Crippen molar-refractivity contribution in [1.82, 2.24) is 5.32 Å². The van der Waals surface area contributed by atoms with Crippen molar-refractivity contribution in [2.75, 3.05) is 13.2 Å². The zero-order valence-corrected chi connectivity index (χ0v) is 11.7. The van der Waals surface area contributed by atoms with Crippen molar-refractivity contribution >= 4 is 11.8 Å². The summed E-state index contributed by atoms with van der Waals surface area (Å²) in [4.78, 5) is 22.5. The molecular formula is C15H19NO4. The van der Waals surface area contributed by atoms with Gasteiger partial charge in [-0.05, 0) is 43.7 Å². The van der Waals surface area contributed by atoms with Gasteiger partial charge in [-0.1, -0.05) is 6.58 Å². The van der Waals surface area contributed by atoms with E-state index in [0.29, 0.717) is 17.9 Å². The molecule has 0 saturated carbocycles. The Bertz CT molecular complexity index is 493. The lowest BCUT2D eigenvalue weighted by molar-refractivity contribution is -0.136. The van der Waals surface area contributed by atoms with Crippen LogP contribution in [-0.4, -0.2) is 36.1 Å². The van der Waals surface area contributed by atoms with Gasteiger partial charge in [0.2, 0.25) is 0 Å². The highest BCUT2D eigenvalue weighted by Crippen LogP contribution is 2.14. The molecule has 20 heavy (non-hydrogen) atoms. The minimum Gasteiger partial charge on any atom is -0.489 e. The Hall–Kier alpha value is -2.14. The Kier molecular flexibility index (Phi) is 5.93. The van der Waals surface area contributed by atoms with Crippen molar-refractivity contribution in [2.24, 2.45) is 0 Å². The summed E-state index contributed by atoms with van der Waals surface area (Å²) in [7, 11) is 0. The van der Waals surface area contributed by atoms with Crippen LogP contribution in [0.25, 0.3) is 0 Å². The highest BCUT2D eigenvalue weighted by Gasteiger charge is 2.15. The molecule has 0 spiro atoms. The minimum atomic E-state index is -0.992. The fourth-order valence-corrected chi connectivity index (χ4v) is 1.51. The van der Waals surface area contributed by atoms with Crippen LogP contribution < -0.4 is 10.1 Å². The third-order valence-electron chi connectivity index (χ3n) is 2.58. The number of ether oxygens (including phenoxy) is 1. The van der Waals surface area contributed by atoms with Crippen LogP contribution in [-0.2, 0) is 4.79 Å². The Morgan fingerprint density at radius 1 is 1.35 bits per heavy atom. The maximum absolute atomic E-state index is 12.0. The van der Waals surface area contributed by atoms with E-state index >= 15 is 0 Å². The van der Waals surface area contributed by atoms with Gasteiger partial charge in [-0.3, -0.25) is 14.9 Å². The van der Waals surface area contributed by atoms with Crippen molar-refractivity contribution in [1.29, 1.82) is 0 Å². The van der Waals surface area contributed by atoms with Crippen molar-refractivity contribution in [3.05, 3.63) is 42.0 Å². The predicted molar refractivity (Wildman–Crippen MR) is 76.2 cm³/mol. The van der Waals surface area contributed by atoms with Gasteiger partial charge < -0.3 is 9.84 Å². The van der Waals surface area contributed by atoms with Crippen molar-refractivity contribution in [2.45, 2.75) is 19.9 Å². The Morgan fingerprint density at radius 3 is 2.45 bits per heavy atom. The molecule has 0 aliphatic heterocycles. The van der Waals surface area contributed by atoms with Crippen LogP contribution >= 0.6 is 0 Å². The van der Waals surface area contributed by atoms with E-state index in [4.69, 9.17) is 9.84 Å². The van der Waals surface area contributed by atoms with Gasteiger partial charge in [0.05, 0.1) is 12.6 Å². The van der Waals surface area contributed by atoms with Crippen LogP contribution in [0.2, 0.25) is 0 Å². The molecule has 0 heterocycles. The first kappa shape index (κ1) is 15.9. The molecule has 5 nitrogen and oxygen atoms in total. The monoisotopic (exact) mass is 277 g/mol. The normalized spacial score (nSPS) is 11.7. The second kappa shape index (κ2) is 7.45. The molecule has 1 rings (SSSR count). The number of hydrogen-bond donors (Lipinski definition) is 2. The van der Waals surface area contributed by atoms with Crippen molar-refractivity contribution in [3.8, 4) is 5.75 Å². The lowest BCUT2D eigenvalue weighted by Gasteiger charge is -2.12. The molecular weight excluding hydrogens is 258 g/mol. The average Bonchev–Trinajstić information content (AvgIpc) is 2.42. The first-order chi connectivity index (χ1) is 9.40. The molecule has 0 amide bonds. The number of ketones is 1. The third-order valence-corrected chi connectivity index (χ3v) is 2.58. The van der Waals surface area contributed by atoms with Crippen molar-refractivity contribution < 1.29 is 19.4 Å². The third kappa shape index (κ3) is 5.24. The molecule has 0 bridgehead atoms. The van der Waals surface area contributed by atoms with E-state index in [1.807, 2.05) is 6.92 Å². The minimum absolute atomic E-state index is 0.155. The molecule has 0 aliphatic carbocycles. The summed E-state index contributed by atoms with van der Waals surface area (Å²) in [6.45, 7) is 7.43. The number of carboxylic acid groups (broad SMARTS) is 1. The summed E-state index contributed by atoms with van der Waals surface area (Å²) in [6, 6.07) is 6.19. The van der Waals surface area contributed by atoms with E-state index in [1.165, 1.54) is 0 Å². The maximum atomic E-state index is 12.0. The SMILES string of the molecule is C=C(C)COc1ccc(C(=O)C(C)NCC(=O)O)cc1. The van der Waals surface area contributed by atoms with Crippen LogP contribution in [0.1, 0.15) is 24.2 Å². The molecule has 2 N–H and O–H groups in total. The Morgan fingerprint density at radius 2 is 1.95 bits per heavy atom. The zero-order chi connectivity index (χ0) is 15.1. The van der Waals surface area contributed by atoms with Gasteiger partial charge in [0, 0.05) is 5.56 Å². The number of aliphatic carboxylic acids is 1. The van der Waals surface area contributed by atoms with Gasteiger partial charge in [0.1, 0.15) is 12.4 Å². The number of Topliss-reactive ketones (excluding diaryl/α,β-unsaturated/α-hetero) is 1. The first-order valence-corrected chi connectivity index (χ1v) is 6.26. The molecule has 0 aliphatic rings. The number of carbonyl (C=O) groups is 2. The van der Waals surface area contributed by atoms with E-state index in [2.05, 4.69) is 11.9 Å². The average molecular weight is 277 g/mol. The molecule has 5 heteroatoms. The summed E-state index contributed by atoms with van der Waals surface area (Å²) in [5.41, 5.74) is 1.43. The summed E-state index contributed by atoms with van der Waals surface area (Å²) in [6.07, 6.45) is 0. The highest BCUT2D eigenvalue weighted by molar-refractivity contribution is 6.00. The van der Waals surface area contributed by atoms with E-state index in [0.717, 1.165) is 5.57 Å². The van der Waals surface area contributed by atoms with Crippen LogP contribution in [0.3, 0.4) is 0 Å². The van der Waals surface area contributed by atoms with Crippen LogP contribution in [0.4, 0.5) is 0 Å². The fourth-order valence-electron chi connectivity index (χ4n) is 1.51. The number of nitrogens with one attached hydrogen (secondary N) is 1. The lowest BCUT2D eigenvalue weighted by Crippen LogP contribution is -2.37. The summed E-state index contributed by atoms with van der Waals surface area (Å²) >= 11 is 0. The van der Waals surface area contributed by atoms with Crippen LogP contribution in [0.15, 0.2) is 36.4 Å². The molecule has 1 atom stereocenters. The number of carbonyl (C=O) groups excluding carboxylic acids is 1. The second-order valence-electron chi connectivity index (χ2n) is 4.63. The summed E-state index contributed by atoms with van der Waals surface area (Å²) in [5.74, 6) is -0.485. The summed E-state index contributed by atoms with van der Waals surface area (Å²) < 4.78 is 5.44. The van der Waals surface area contributed by atoms with Gasteiger partial charge in [-0.25, -0.2) is 0 Å². The van der Waals surface area contributed by atoms with Gasteiger partial charge in [-0.2, -0.15) is 0 Å². The highest BCUT2D eigenvalue weighted by atomic mass is 16.5. The Balaban J connectivity index is 2.60. The molecule has 108 valence electrons. The molecule has 0 saturated heterocycles. The van der Waals surface area contributed by atoms with E-state index in [-0.39, 0.29) is 12.3 Å². The molecule has 1 aromatic rings. The fraction of sp³-hybridized carbons (Fsp3) is 0.333. The van der Waals surface area contributed by atoms with Gasteiger partial charge >= 0.3 is 5.97 Å². The molecule has 0 aromatic heterocycles. The molecule has 1 aromatic carbocycles. The summed E-state index contributed by atoms with van der Waals surface area (Å²) in [5, 5.41) is 11.2. The van der Waals surface area contributed by atoms with E-state index in [1.54, 1.807) is 31.2 Å². The molecule has 1 unspecified atom stereocenters. The zero-order valence-electron chi connectivity index (χ0n) is 11.7. The number of hydrogen-bond acceptors (Lipinski definition) is 4. The van der Waals surface area contributed by atoms with Gasteiger partial charge in [-0.15, -0.1) is 0 Å². The molecule has 0 radical (unpaired) electrons. The van der Waals surface area contributed by atoms with Crippen molar-refractivity contribution in [3.63, 3.8) is 0 Å². The standard InChI is InChI=1S/C15H19NO4/c1-10(2)9-20-13-6-4-12(5-7-13)15(19)11(3)16-8-14(17)18/h4-7,11,16H,1,8-9H2,2-3H3,(H,17,18). The lowest BCUT2D eigenvalue weighted by atomic mass is 10.1. The van der Waals surface area contributed by atoms with Gasteiger partial charge in [0.25, 0.3) is 0 Å². The van der Waals surface area contributed by atoms with Crippen LogP contribution in [0.5, 0.6) is 5.75 Å². The quantitative estimate of drug-likeness (QED) is 0.560. The smallest absolute Gasteiger partial charge is 0.317 e. The first-order valence-electron chi connectivity index (χ1n) is 6.26. The Labute approximate surface area is 118 Å². The van der Waals surface area contributed by atoms with E-state index in [9.17, 15) is 9.59 Å². The number of carboxylic acids is 1. The topological polar surface area (TPSA) is 75.6 Å². The van der Waals surface area contributed by atoms with Gasteiger partial charge in [0.15, 0.2) is 5.78 Å². The molecule has 0 fully saturated rings. The van der Waals surface area contributed by atoms with E-state index < -0.39 is 12.0 Å². The van der Waals surface area contributed by atoms with Crippen LogP contribution in [0, 0.1) is 0 Å². The maximum Gasteiger partial charge on any atom is 0.317 e. The number of rotatable bonds is 8. The largest absolute Gasteiger partial charge is 0.489 e. The second-order valence-corrected chi connectivity index (χ2v) is 4.63.